The van der Waals surface area contributed by atoms with E-state index in [1.807, 2.05) is 13.8 Å². The van der Waals surface area contributed by atoms with Crippen molar-refractivity contribution in [2.45, 2.75) is 65.6 Å². The van der Waals surface area contributed by atoms with E-state index >= 15 is 4.39 Å². The average Bonchev–Trinajstić information content (AvgIpc) is 3.27. The number of pyridine rings is 1. The number of nitrogens with two attached hydrogens (primary N) is 1. The van der Waals surface area contributed by atoms with Crippen LogP contribution in [0.3, 0.4) is 0 Å². The van der Waals surface area contributed by atoms with Crippen LogP contribution in [0.15, 0.2) is 29.4 Å². The first-order valence-electron chi connectivity index (χ1n) is 15.8. The fourth-order valence-corrected chi connectivity index (χ4v) is 6.12. The van der Waals surface area contributed by atoms with Crippen LogP contribution in [0.4, 0.5) is 10.2 Å². The van der Waals surface area contributed by atoms with Crippen LogP contribution in [-0.2, 0) is 25.8 Å². The third-order valence-corrected chi connectivity index (χ3v) is 9.57. The van der Waals surface area contributed by atoms with E-state index in [1.54, 1.807) is 23.9 Å². The van der Waals surface area contributed by atoms with Gasteiger partial charge in [0.15, 0.2) is 0 Å². The van der Waals surface area contributed by atoms with E-state index < -0.39 is 33.8 Å². The standard InChI is InChI=1S/C33H52FN7O4S/c1-22-9-11-25(12-10-22)30(39-32(42)27(15-16-35)36-17-8-18-44-4)33(43)38-28-14-13-26(31(34)37-28)29-23(2)40-41(24(29)3)21-45-19-20-46(5,6)7/h13-16,22,25,30H,8-12,17-21,35H2,1-7H3,(H,39,42)(H,37,38,43)/t22?,25?,30-/m0/s1. The number of aryl methyl sites for hydroxylation is 1. The zero-order valence-electron chi connectivity index (χ0n) is 28.4. The number of carbonyl (C=O) groups is 2. The molecular formula is C33H52FN7O4S. The second-order valence-electron chi connectivity index (χ2n) is 12.8. The largest absolute Gasteiger partial charge is 0.405 e. The van der Waals surface area contributed by atoms with Crippen molar-refractivity contribution in [2.24, 2.45) is 22.6 Å². The summed E-state index contributed by atoms with van der Waals surface area (Å²) >= 11 is 0. The van der Waals surface area contributed by atoms with Crippen molar-refractivity contribution in [3.05, 3.63) is 41.7 Å². The number of nitrogens with zero attached hydrogens (tertiary/aromatic N) is 4. The van der Waals surface area contributed by atoms with Crippen LogP contribution in [0.5, 0.6) is 0 Å². The Hall–Kier alpha value is -3.29. The lowest BCUT2D eigenvalue weighted by atomic mass is 9.79. The number of carbonyl (C=O) groups excluding carboxylic acids is 2. The van der Waals surface area contributed by atoms with Gasteiger partial charge in [-0.3, -0.25) is 14.6 Å². The monoisotopic (exact) mass is 661 g/mol. The molecule has 2 heterocycles. The van der Waals surface area contributed by atoms with Gasteiger partial charge in [-0.15, -0.1) is 0 Å². The van der Waals surface area contributed by atoms with Crippen molar-refractivity contribution < 1.29 is 23.5 Å². The predicted molar refractivity (Wildman–Crippen MR) is 185 cm³/mol. The van der Waals surface area contributed by atoms with Crippen molar-refractivity contribution >= 4 is 33.4 Å². The molecule has 2 aromatic heterocycles. The molecule has 1 aliphatic rings. The molecule has 2 aromatic rings. The molecule has 3 rings (SSSR count). The van der Waals surface area contributed by atoms with Gasteiger partial charge in [0, 0.05) is 42.8 Å². The van der Waals surface area contributed by atoms with Gasteiger partial charge >= 0.3 is 0 Å². The Balaban J connectivity index is 1.77. The van der Waals surface area contributed by atoms with Gasteiger partial charge in [-0.2, -0.15) is 9.49 Å². The number of aliphatic imine (C=N–C) groups is 1. The molecule has 1 aliphatic carbocycles. The van der Waals surface area contributed by atoms with Crippen LogP contribution in [0, 0.1) is 31.6 Å². The Kier molecular flexibility index (Phi) is 14.2. The lowest BCUT2D eigenvalue weighted by Gasteiger charge is -2.32. The highest BCUT2D eigenvalue weighted by molar-refractivity contribution is 8.32. The first-order valence-corrected chi connectivity index (χ1v) is 18.8. The fourth-order valence-electron chi connectivity index (χ4n) is 5.50. The van der Waals surface area contributed by atoms with E-state index in [0.717, 1.165) is 37.1 Å². The second-order valence-corrected chi connectivity index (χ2v) is 17.4. The van der Waals surface area contributed by atoms with Crippen LogP contribution in [0.1, 0.15) is 50.4 Å². The molecule has 46 heavy (non-hydrogen) atoms. The Labute approximate surface area is 274 Å². The average molecular weight is 662 g/mol. The summed E-state index contributed by atoms with van der Waals surface area (Å²) in [4.78, 5) is 35.4. The quantitative estimate of drug-likeness (QED) is 0.136. The molecule has 0 saturated heterocycles. The van der Waals surface area contributed by atoms with E-state index in [2.05, 4.69) is 51.4 Å². The molecule has 13 heteroatoms. The Bertz CT molecular complexity index is 1380. The zero-order valence-corrected chi connectivity index (χ0v) is 29.2. The molecule has 0 unspecified atom stereocenters. The van der Waals surface area contributed by atoms with Gasteiger partial charge in [0.25, 0.3) is 5.91 Å². The summed E-state index contributed by atoms with van der Waals surface area (Å²) in [5, 5.41) is 10.2. The number of ether oxygens (including phenoxy) is 2. The van der Waals surface area contributed by atoms with Crippen molar-refractivity contribution in [3.63, 3.8) is 0 Å². The molecule has 0 bridgehead atoms. The van der Waals surface area contributed by atoms with Gasteiger partial charge in [0.2, 0.25) is 11.9 Å². The third-order valence-electron chi connectivity index (χ3n) is 8.18. The number of hydrogen-bond acceptors (Lipinski definition) is 8. The molecule has 1 saturated carbocycles. The Morgan fingerprint density at radius 1 is 1.20 bits per heavy atom. The van der Waals surface area contributed by atoms with Gasteiger partial charge in [-0.25, -0.2) is 19.7 Å². The van der Waals surface area contributed by atoms with Crippen LogP contribution in [-0.4, -0.2) is 89.7 Å². The molecule has 11 nitrogen and oxygen atoms in total. The number of hydrogen-bond donors (Lipinski definition) is 3. The normalized spacial score (nSPS) is 18.5. The molecule has 0 radical (unpaired) electrons. The van der Waals surface area contributed by atoms with Crippen LogP contribution >= 0.6 is 10.0 Å². The van der Waals surface area contributed by atoms with E-state index in [9.17, 15) is 9.59 Å². The van der Waals surface area contributed by atoms with E-state index in [-0.39, 0.29) is 29.7 Å². The Morgan fingerprint density at radius 3 is 2.54 bits per heavy atom. The minimum atomic E-state index is -0.859. The molecule has 0 aromatic carbocycles. The second kappa shape index (κ2) is 17.6. The molecule has 4 N–H and O–H groups in total. The van der Waals surface area contributed by atoms with Crippen molar-refractivity contribution in [1.82, 2.24) is 20.1 Å². The lowest BCUT2D eigenvalue weighted by Crippen LogP contribution is -2.51. The Morgan fingerprint density at radius 2 is 1.91 bits per heavy atom. The van der Waals surface area contributed by atoms with E-state index in [1.165, 1.54) is 12.3 Å². The predicted octanol–water partition coefficient (Wildman–Crippen LogP) is 4.57. The first-order chi connectivity index (χ1) is 21.8. The third kappa shape index (κ3) is 10.9. The number of anilines is 1. The smallest absolute Gasteiger partial charge is 0.270 e. The summed E-state index contributed by atoms with van der Waals surface area (Å²) < 4.78 is 28.2. The minimum Gasteiger partial charge on any atom is -0.405 e. The summed E-state index contributed by atoms with van der Waals surface area (Å²) in [6, 6.07) is 2.30. The number of rotatable bonds is 16. The van der Waals surface area contributed by atoms with Crippen molar-refractivity contribution in [1.29, 1.82) is 0 Å². The highest BCUT2D eigenvalue weighted by atomic mass is 32.3. The summed E-state index contributed by atoms with van der Waals surface area (Å²) in [6.45, 7) is 7.66. The van der Waals surface area contributed by atoms with Gasteiger partial charge in [0.05, 0.1) is 12.3 Å². The van der Waals surface area contributed by atoms with Crippen LogP contribution in [0.25, 0.3) is 11.1 Å². The van der Waals surface area contributed by atoms with Crippen molar-refractivity contribution in [2.75, 3.05) is 56.7 Å². The molecule has 0 aliphatic heterocycles. The SMILES string of the molecule is COCCCN=C(C=CN)C(=O)N[C@H](C(=O)Nc1ccc(-c2c(C)nn(COCCS(C)(C)C)c2C)c(F)n1)C1CCC(C)CC1. The molecule has 1 fully saturated rings. The van der Waals surface area contributed by atoms with Gasteiger partial charge < -0.3 is 25.8 Å². The van der Waals surface area contributed by atoms with Gasteiger partial charge in [0.1, 0.15) is 24.3 Å². The number of amides is 2. The summed E-state index contributed by atoms with van der Waals surface area (Å²) in [7, 11) is 0.935. The van der Waals surface area contributed by atoms with Gasteiger partial charge in [-0.05, 0) is 88.1 Å². The number of nitrogens with one attached hydrogen (secondary N) is 2. The molecule has 256 valence electrons. The lowest BCUT2D eigenvalue weighted by molar-refractivity contribution is -0.124. The van der Waals surface area contributed by atoms with Gasteiger partial charge in [-0.1, -0.05) is 19.8 Å². The first kappa shape index (κ1) is 37.2. The van der Waals surface area contributed by atoms with Crippen LogP contribution in [0.2, 0.25) is 0 Å². The molecular weight excluding hydrogens is 609 g/mol. The highest BCUT2D eigenvalue weighted by Crippen LogP contribution is 2.34. The topological polar surface area (TPSA) is 146 Å². The van der Waals surface area contributed by atoms with E-state index in [0.29, 0.717) is 43.4 Å². The highest BCUT2D eigenvalue weighted by Gasteiger charge is 2.33. The maximum absolute atomic E-state index is 15.5. The summed E-state index contributed by atoms with van der Waals surface area (Å²) in [5.74, 6) is -0.194. The minimum absolute atomic E-state index is 0.0562. The molecule has 2 amide bonds. The van der Waals surface area contributed by atoms with Crippen molar-refractivity contribution in [3.8, 4) is 11.1 Å². The van der Waals surface area contributed by atoms with Crippen LogP contribution < -0.4 is 16.4 Å². The summed E-state index contributed by atoms with van der Waals surface area (Å²) in [5.41, 5.74) is 8.04. The number of aromatic nitrogens is 3. The fraction of sp³-hybridized carbons (Fsp3) is 0.606. The summed E-state index contributed by atoms with van der Waals surface area (Å²) in [6.07, 6.45) is 13.5. The zero-order chi connectivity index (χ0) is 33.9. The number of halogens is 1. The number of methoxy groups -OCH3 is 1. The molecule has 1 atom stereocenters. The molecule has 0 spiro atoms. The maximum atomic E-state index is 15.5. The van der Waals surface area contributed by atoms with E-state index in [4.69, 9.17) is 15.2 Å². The maximum Gasteiger partial charge on any atom is 0.270 e.